The van der Waals surface area contributed by atoms with Gasteiger partial charge in [-0.2, -0.15) is 4.57 Å². The first kappa shape index (κ1) is 17.2. The highest BCUT2D eigenvalue weighted by atomic mass is 35.5. The highest BCUT2D eigenvalue weighted by Gasteiger charge is 2.23. The van der Waals surface area contributed by atoms with Crippen LogP contribution in [0, 0.1) is 13.8 Å². The Morgan fingerprint density at radius 1 is 0.920 bits per heavy atom. The van der Waals surface area contributed by atoms with Crippen LogP contribution >= 0.6 is 12.4 Å². The summed E-state index contributed by atoms with van der Waals surface area (Å²) in [6.07, 6.45) is 8.48. The van der Waals surface area contributed by atoms with E-state index in [9.17, 15) is 0 Å². The monoisotopic (exact) mass is 353 g/mol. The van der Waals surface area contributed by atoms with Gasteiger partial charge in [-0.15, -0.1) is 12.4 Å². The lowest BCUT2D eigenvalue weighted by Gasteiger charge is -2.11. The predicted octanol–water partition coefficient (Wildman–Crippen LogP) is 4.07. The number of nitrogens with zero attached hydrogens (tertiary/aromatic N) is 2. The maximum Gasteiger partial charge on any atom is 0.239 e. The van der Waals surface area contributed by atoms with E-state index in [1.165, 1.54) is 5.70 Å². The number of halogens is 1. The van der Waals surface area contributed by atoms with Crippen molar-refractivity contribution in [2.24, 2.45) is 0 Å². The Hall–Kier alpha value is -2.59. The van der Waals surface area contributed by atoms with E-state index in [0.29, 0.717) is 0 Å². The number of aryl methyl sites for hydroxylation is 2. The lowest BCUT2D eigenvalue weighted by molar-refractivity contribution is -0.525. The molecule has 0 saturated heterocycles. The fourth-order valence-corrected chi connectivity index (χ4v) is 3.28. The van der Waals surface area contributed by atoms with Crippen molar-refractivity contribution in [2.75, 3.05) is 11.5 Å². The van der Waals surface area contributed by atoms with Crippen molar-refractivity contribution >= 4 is 51.5 Å². The zero-order chi connectivity index (χ0) is 16.8. The average molecular weight is 354 g/mol. The van der Waals surface area contributed by atoms with Crippen LogP contribution in [-0.4, -0.2) is 4.98 Å². The summed E-state index contributed by atoms with van der Waals surface area (Å²) in [7, 11) is 0. The molecular formula is C20H22ClN4+. The van der Waals surface area contributed by atoms with Crippen molar-refractivity contribution in [1.29, 1.82) is 0 Å². The summed E-state index contributed by atoms with van der Waals surface area (Å²) in [5.74, 6) is 0. The molecule has 2 aromatic carbocycles. The van der Waals surface area contributed by atoms with Crippen LogP contribution in [0.4, 0.5) is 11.4 Å². The van der Waals surface area contributed by atoms with Gasteiger partial charge in [-0.25, -0.2) is 4.98 Å². The van der Waals surface area contributed by atoms with Gasteiger partial charge in [0.1, 0.15) is 11.0 Å². The van der Waals surface area contributed by atoms with Crippen LogP contribution in [0.25, 0.3) is 27.8 Å². The van der Waals surface area contributed by atoms with Gasteiger partial charge < -0.3 is 11.5 Å². The van der Waals surface area contributed by atoms with E-state index in [2.05, 4.69) is 34.9 Å². The lowest BCUT2D eigenvalue weighted by Crippen LogP contribution is -2.35. The molecule has 4 rings (SSSR count). The summed E-state index contributed by atoms with van der Waals surface area (Å²) in [5, 5.41) is 0. The van der Waals surface area contributed by atoms with Gasteiger partial charge in [0.25, 0.3) is 0 Å². The van der Waals surface area contributed by atoms with E-state index in [4.69, 9.17) is 16.5 Å². The molecule has 4 nitrogen and oxygen atoms in total. The second-order valence-corrected chi connectivity index (χ2v) is 6.47. The van der Waals surface area contributed by atoms with E-state index in [-0.39, 0.29) is 12.4 Å². The molecule has 5 heteroatoms. The van der Waals surface area contributed by atoms with Crippen molar-refractivity contribution in [1.82, 2.24) is 4.98 Å². The molecule has 0 amide bonds. The number of allylic oxidation sites excluding steroid dienone is 4. The second kappa shape index (κ2) is 6.37. The van der Waals surface area contributed by atoms with Gasteiger partial charge in [0.2, 0.25) is 11.0 Å². The van der Waals surface area contributed by atoms with Crippen LogP contribution < -0.4 is 16.0 Å². The van der Waals surface area contributed by atoms with Crippen molar-refractivity contribution in [3.63, 3.8) is 0 Å². The van der Waals surface area contributed by atoms with Gasteiger partial charge in [0, 0.05) is 36.0 Å². The molecule has 0 bridgehead atoms. The van der Waals surface area contributed by atoms with Crippen LogP contribution in [0.5, 0.6) is 0 Å². The highest BCUT2D eigenvalue weighted by molar-refractivity contribution is 5.87. The van der Waals surface area contributed by atoms with Crippen LogP contribution in [0.3, 0.4) is 0 Å². The third kappa shape index (κ3) is 2.83. The first-order valence-electron chi connectivity index (χ1n) is 8.22. The molecule has 1 aliphatic carbocycles. The number of fused-ring (bicyclic) bond motifs is 2. The van der Waals surface area contributed by atoms with Crippen molar-refractivity contribution in [3.8, 4) is 0 Å². The number of hydrogen-bond donors (Lipinski definition) is 2. The smallest absolute Gasteiger partial charge is 0.239 e. The molecular weight excluding hydrogens is 332 g/mol. The zero-order valence-electron chi connectivity index (χ0n) is 14.4. The number of aromatic nitrogens is 2. The van der Waals surface area contributed by atoms with Crippen molar-refractivity contribution in [2.45, 2.75) is 26.7 Å². The largest absolute Gasteiger partial charge is 0.398 e. The van der Waals surface area contributed by atoms with E-state index >= 15 is 0 Å². The van der Waals surface area contributed by atoms with E-state index in [0.717, 1.165) is 57.4 Å². The SMILES string of the molecule is Cc1cc2nc3cc(C)c(N)cc3[n+](C3=CC=CCC3)c2cc1N.Cl. The normalized spacial score (nSPS) is 13.8. The molecule has 4 N–H and O–H groups in total. The third-order valence-corrected chi connectivity index (χ3v) is 4.73. The fourth-order valence-electron chi connectivity index (χ4n) is 3.28. The minimum Gasteiger partial charge on any atom is -0.398 e. The van der Waals surface area contributed by atoms with Crippen LogP contribution in [-0.2, 0) is 0 Å². The Bertz CT molecular complexity index is 985. The molecule has 3 aromatic rings. The van der Waals surface area contributed by atoms with Gasteiger partial charge in [-0.3, -0.25) is 0 Å². The second-order valence-electron chi connectivity index (χ2n) is 6.47. The first-order chi connectivity index (χ1) is 11.5. The summed E-state index contributed by atoms with van der Waals surface area (Å²) in [6.45, 7) is 4.03. The zero-order valence-corrected chi connectivity index (χ0v) is 15.2. The Labute approximate surface area is 153 Å². The maximum atomic E-state index is 6.18. The standard InChI is InChI=1S/C20H20N4.ClH/c1-12-8-17-19(10-15(12)21)24(14-6-4-3-5-7-14)20-11-16(22)13(2)9-18(20)23-17;/h3-4,6,8-11H,5,7H2,1-2H3,(H3,21,22);1H/p+1. The van der Waals surface area contributed by atoms with E-state index in [1.54, 1.807) is 0 Å². The van der Waals surface area contributed by atoms with E-state index in [1.807, 2.05) is 26.0 Å². The molecule has 1 heterocycles. The minimum atomic E-state index is 0. The number of benzene rings is 2. The van der Waals surface area contributed by atoms with Gasteiger partial charge in [-0.1, -0.05) is 12.2 Å². The number of anilines is 2. The summed E-state index contributed by atoms with van der Waals surface area (Å²) in [6, 6.07) is 8.16. The minimum absolute atomic E-state index is 0. The number of hydrogen-bond acceptors (Lipinski definition) is 3. The van der Waals surface area contributed by atoms with Crippen LogP contribution in [0.1, 0.15) is 24.0 Å². The molecule has 0 aliphatic heterocycles. The van der Waals surface area contributed by atoms with Gasteiger partial charge in [-0.05, 0) is 43.5 Å². The average Bonchev–Trinajstić information content (AvgIpc) is 2.57. The van der Waals surface area contributed by atoms with Gasteiger partial charge >= 0.3 is 0 Å². The fraction of sp³-hybridized carbons (Fsp3) is 0.200. The summed E-state index contributed by atoms with van der Waals surface area (Å²) < 4.78 is 2.26. The molecule has 0 radical (unpaired) electrons. The molecule has 0 saturated carbocycles. The molecule has 1 aromatic heterocycles. The molecule has 0 spiro atoms. The van der Waals surface area contributed by atoms with Crippen molar-refractivity contribution in [3.05, 3.63) is 53.6 Å². The number of nitrogens with two attached hydrogens (primary N) is 2. The van der Waals surface area contributed by atoms with Crippen LogP contribution in [0.15, 0.2) is 42.5 Å². The van der Waals surface area contributed by atoms with Crippen LogP contribution in [0.2, 0.25) is 0 Å². The maximum absolute atomic E-state index is 6.18. The Morgan fingerprint density at radius 3 is 1.96 bits per heavy atom. The van der Waals surface area contributed by atoms with E-state index < -0.39 is 0 Å². The summed E-state index contributed by atoms with van der Waals surface area (Å²) >= 11 is 0. The van der Waals surface area contributed by atoms with Gasteiger partial charge in [0.05, 0.1) is 0 Å². The Kier molecular flexibility index (Phi) is 4.39. The molecule has 0 fully saturated rings. The molecule has 0 unspecified atom stereocenters. The lowest BCUT2D eigenvalue weighted by atomic mass is 10.1. The first-order valence-corrected chi connectivity index (χ1v) is 8.22. The number of rotatable bonds is 1. The topological polar surface area (TPSA) is 68.8 Å². The Morgan fingerprint density at radius 2 is 1.48 bits per heavy atom. The van der Waals surface area contributed by atoms with Crippen molar-refractivity contribution < 1.29 is 4.57 Å². The summed E-state index contributed by atoms with van der Waals surface area (Å²) in [5.41, 5.74) is 21.2. The molecule has 25 heavy (non-hydrogen) atoms. The Balaban J connectivity index is 0.00000182. The third-order valence-electron chi connectivity index (χ3n) is 4.73. The van der Waals surface area contributed by atoms with Gasteiger partial charge in [0.15, 0.2) is 5.70 Å². The molecule has 128 valence electrons. The molecule has 1 aliphatic rings. The quantitative estimate of drug-likeness (QED) is 0.393. The predicted molar refractivity (Wildman–Crippen MR) is 108 cm³/mol. The summed E-state index contributed by atoms with van der Waals surface area (Å²) in [4.78, 5) is 4.86. The highest BCUT2D eigenvalue weighted by Crippen LogP contribution is 2.26. The molecule has 0 atom stereocenters. The number of nitrogen functional groups attached to an aromatic ring is 2.